The first-order valence-electron chi connectivity index (χ1n) is 4.57. The predicted octanol–water partition coefficient (Wildman–Crippen LogP) is -0.109. The Morgan fingerprint density at radius 3 is 2.67 bits per heavy atom. The maximum atomic E-state index is 11.4. The first kappa shape index (κ1) is 7.86. The molecule has 4 heteroatoms. The number of carbonyl (C=O) groups excluding carboxylic acids is 1. The fourth-order valence-corrected chi connectivity index (χ4v) is 1.47. The molecule has 2 aliphatic rings. The Morgan fingerprint density at radius 1 is 1.42 bits per heavy atom. The van der Waals surface area contributed by atoms with Gasteiger partial charge in [0.05, 0.1) is 0 Å². The van der Waals surface area contributed by atoms with E-state index in [1.54, 1.807) is 0 Å². The molecule has 0 aromatic rings. The zero-order valence-corrected chi connectivity index (χ0v) is 7.12. The SMILES string of the molecule is N[C@@H]1CCN(C(=O)NC2CC2)C1. The van der Waals surface area contributed by atoms with Crippen LogP contribution in [0.15, 0.2) is 0 Å². The summed E-state index contributed by atoms with van der Waals surface area (Å²) in [5.41, 5.74) is 5.69. The molecular formula is C8H15N3O. The second-order valence-corrected chi connectivity index (χ2v) is 3.72. The van der Waals surface area contributed by atoms with E-state index in [1.807, 2.05) is 4.90 Å². The van der Waals surface area contributed by atoms with E-state index in [0.29, 0.717) is 6.04 Å². The fraction of sp³-hybridized carbons (Fsp3) is 0.875. The van der Waals surface area contributed by atoms with Crippen LogP contribution in [0.5, 0.6) is 0 Å². The van der Waals surface area contributed by atoms with Crippen molar-refractivity contribution in [3.8, 4) is 0 Å². The van der Waals surface area contributed by atoms with Crippen molar-refractivity contribution in [2.75, 3.05) is 13.1 Å². The van der Waals surface area contributed by atoms with Crippen LogP contribution in [-0.4, -0.2) is 36.1 Å². The van der Waals surface area contributed by atoms with Crippen LogP contribution in [0.1, 0.15) is 19.3 Å². The molecule has 0 unspecified atom stereocenters. The monoisotopic (exact) mass is 169 g/mol. The van der Waals surface area contributed by atoms with Crippen LogP contribution in [0.25, 0.3) is 0 Å². The molecule has 2 rings (SSSR count). The van der Waals surface area contributed by atoms with Crippen molar-refractivity contribution in [2.24, 2.45) is 5.73 Å². The third-order valence-electron chi connectivity index (χ3n) is 2.42. The van der Waals surface area contributed by atoms with Gasteiger partial charge >= 0.3 is 6.03 Å². The Labute approximate surface area is 72.1 Å². The molecule has 1 aliphatic heterocycles. The highest BCUT2D eigenvalue weighted by Gasteiger charge is 2.28. The number of nitrogens with zero attached hydrogens (tertiary/aromatic N) is 1. The van der Waals surface area contributed by atoms with Crippen LogP contribution >= 0.6 is 0 Å². The Balaban J connectivity index is 1.79. The van der Waals surface area contributed by atoms with Gasteiger partial charge in [0.1, 0.15) is 0 Å². The zero-order valence-electron chi connectivity index (χ0n) is 7.12. The average molecular weight is 169 g/mol. The molecule has 12 heavy (non-hydrogen) atoms. The van der Waals surface area contributed by atoms with Crippen LogP contribution in [0.3, 0.4) is 0 Å². The van der Waals surface area contributed by atoms with Gasteiger partial charge in [-0.25, -0.2) is 4.79 Å². The van der Waals surface area contributed by atoms with Crippen LogP contribution in [0.2, 0.25) is 0 Å². The van der Waals surface area contributed by atoms with E-state index in [2.05, 4.69) is 5.32 Å². The molecule has 1 saturated carbocycles. The van der Waals surface area contributed by atoms with Gasteiger partial charge in [0.25, 0.3) is 0 Å². The minimum Gasteiger partial charge on any atom is -0.335 e. The molecule has 1 saturated heterocycles. The maximum absolute atomic E-state index is 11.4. The first-order chi connectivity index (χ1) is 5.75. The molecule has 0 bridgehead atoms. The number of urea groups is 1. The minimum absolute atomic E-state index is 0.0745. The van der Waals surface area contributed by atoms with Crippen LogP contribution in [0.4, 0.5) is 4.79 Å². The quantitative estimate of drug-likeness (QED) is 0.575. The molecule has 2 fully saturated rings. The molecule has 1 atom stereocenters. The standard InChI is InChI=1S/C8H15N3O/c9-6-3-4-11(5-6)8(12)10-7-1-2-7/h6-7H,1-5,9H2,(H,10,12)/t6-/m1/s1. The maximum Gasteiger partial charge on any atom is 0.317 e. The molecule has 1 heterocycles. The second-order valence-electron chi connectivity index (χ2n) is 3.72. The van der Waals surface area contributed by atoms with E-state index in [-0.39, 0.29) is 12.1 Å². The number of nitrogens with one attached hydrogen (secondary N) is 1. The Hall–Kier alpha value is -0.770. The lowest BCUT2D eigenvalue weighted by atomic mass is 10.3. The Bertz CT molecular complexity index is 191. The van der Waals surface area contributed by atoms with Crippen molar-refractivity contribution < 1.29 is 4.79 Å². The van der Waals surface area contributed by atoms with Crippen LogP contribution in [0, 0.1) is 0 Å². The highest BCUT2D eigenvalue weighted by molar-refractivity contribution is 5.75. The number of carbonyl (C=O) groups is 1. The third-order valence-corrected chi connectivity index (χ3v) is 2.42. The summed E-state index contributed by atoms with van der Waals surface area (Å²) in [5.74, 6) is 0. The highest BCUT2D eigenvalue weighted by Crippen LogP contribution is 2.19. The van der Waals surface area contributed by atoms with Crippen molar-refractivity contribution in [3.63, 3.8) is 0 Å². The highest BCUT2D eigenvalue weighted by atomic mass is 16.2. The van der Waals surface area contributed by atoms with E-state index in [1.165, 1.54) is 0 Å². The van der Waals surface area contributed by atoms with Gasteiger partial charge in [-0.1, -0.05) is 0 Å². The number of hydrogen-bond acceptors (Lipinski definition) is 2. The number of nitrogens with two attached hydrogens (primary N) is 1. The summed E-state index contributed by atoms with van der Waals surface area (Å²) in [7, 11) is 0. The summed E-state index contributed by atoms with van der Waals surface area (Å²) in [6, 6.07) is 0.717. The summed E-state index contributed by atoms with van der Waals surface area (Å²) in [4.78, 5) is 13.2. The lowest BCUT2D eigenvalue weighted by molar-refractivity contribution is 0.208. The molecule has 2 amide bonds. The van der Waals surface area contributed by atoms with Crippen molar-refractivity contribution in [3.05, 3.63) is 0 Å². The Morgan fingerprint density at radius 2 is 2.17 bits per heavy atom. The fourth-order valence-electron chi connectivity index (χ4n) is 1.47. The number of hydrogen-bond donors (Lipinski definition) is 2. The summed E-state index contributed by atoms with van der Waals surface area (Å²) in [6.45, 7) is 1.54. The van der Waals surface area contributed by atoms with Gasteiger partial charge in [-0.15, -0.1) is 0 Å². The molecule has 3 N–H and O–H groups in total. The summed E-state index contributed by atoms with van der Waals surface area (Å²) >= 11 is 0. The lowest BCUT2D eigenvalue weighted by Crippen LogP contribution is -2.40. The van der Waals surface area contributed by atoms with Crippen molar-refractivity contribution in [2.45, 2.75) is 31.3 Å². The van der Waals surface area contributed by atoms with Gasteiger partial charge in [-0.05, 0) is 19.3 Å². The van der Waals surface area contributed by atoms with Crippen molar-refractivity contribution in [1.29, 1.82) is 0 Å². The van der Waals surface area contributed by atoms with E-state index >= 15 is 0 Å². The summed E-state index contributed by atoms with van der Waals surface area (Å²) in [5, 5.41) is 2.95. The molecular weight excluding hydrogens is 154 g/mol. The second kappa shape index (κ2) is 2.94. The third kappa shape index (κ3) is 1.69. The molecule has 0 aromatic carbocycles. The lowest BCUT2D eigenvalue weighted by Gasteiger charge is -2.15. The molecule has 68 valence electrons. The molecule has 0 spiro atoms. The largest absolute Gasteiger partial charge is 0.335 e. The van der Waals surface area contributed by atoms with Crippen LogP contribution < -0.4 is 11.1 Å². The van der Waals surface area contributed by atoms with Gasteiger partial charge in [0, 0.05) is 25.2 Å². The molecule has 4 nitrogen and oxygen atoms in total. The number of amides is 2. The van der Waals surface area contributed by atoms with Gasteiger partial charge < -0.3 is 16.0 Å². The molecule has 0 aromatic heterocycles. The van der Waals surface area contributed by atoms with E-state index in [9.17, 15) is 4.79 Å². The van der Waals surface area contributed by atoms with E-state index in [4.69, 9.17) is 5.73 Å². The van der Waals surface area contributed by atoms with Gasteiger partial charge in [0.2, 0.25) is 0 Å². The summed E-state index contributed by atoms with van der Waals surface area (Å²) < 4.78 is 0. The first-order valence-corrected chi connectivity index (χ1v) is 4.57. The Kier molecular flexibility index (Phi) is 1.92. The minimum atomic E-state index is 0.0745. The van der Waals surface area contributed by atoms with E-state index < -0.39 is 0 Å². The summed E-state index contributed by atoms with van der Waals surface area (Å²) in [6.07, 6.45) is 3.23. The number of rotatable bonds is 1. The molecule has 1 aliphatic carbocycles. The number of likely N-dealkylation sites (tertiary alicyclic amines) is 1. The van der Waals surface area contributed by atoms with Gasteiger partial charge in [0.15, 0.2) is 0 Å². The zero-order chi connectivity index (χ0) is 8.55. The smallest absolute Gasteiger partial charge is 0.317 e. The topological polar surface area (TPSA) is 58.4 Å². The van der Waals surface area contributed by atoms with Crippen LogP contribution in [-0.2, 0) is 0 Å². The van der Waals surface area contributed by atoms with Crippen molar-refractivity contribution >= 4 is 6.03 Å². The van der Waals surface area contributed by atoms with Gasteiger partial charge in [-0.2, -0.15) is 0 Å². The average Bonchev–Trinajstić information content (AvgIpc) is 2.72. The predicted molar refractivity (Wildman–Crippen MR) is 45.7 cm³/mol. The normalized spacial score (nSPS) is 29.1. The van der Waals surface area contributed by atoms with E-state index in [0.717, 1.165) is 32.4 Å². The van der Waals surface area contributed by atoms with Crippen molar-refractivity contribution in [1.82, 2.24) is 10.2 Å². The van der Waals surface area contributed by atoms with Gasteiger partial charge in [-0.3, -0.25) is 0 Å². The molecule has 0 radical (unpaired) electrons.